The normalized spacial score (nSPS) is 7.88. The van der Waals surface area contributed by atoms with E-state index in [0.29, 0.717) is 0 Å². The molecule has 0 spiro atoms. The fourth-order valence-corrected chi connectivity index (χ4v) is 0. The van der Waals surface area contributed by atoms with Crippen LogP contribution in [0.3, 0.4) is 0 Å². The molecule has 10 nitrogen and oxygen atoms in total. The predicted molar refractivity (Wildman–Crippen MR) is 54.2 cm³/mol. The smallest absolute Gasteiger partial charge is 0.466 e. The number of carboxylic acids is 3. The van der Waals surface area contributed by atoms with E-state index in [1.165, 1.54) is 0 Å². The van der Waals surface area contributed by atoms with Crippen LogP contribution in [-0.4, -0.2) is 47.9 Å². The summed E-state index contributed by atoms with van der Waals surface area (Å²) in [5.41, 5.74) is 0. The van der Waals surface area contributed by atoms with Crippen LogP contribution in [0.15, 0.2) is 0 Å². The lowest BCUT2D eigenvalue weighted by Gasteiger charge is -1.82. The second-order valence-electron chi connectivity index (χ2n) is 2.07. The summed E-state index contributed by atoms with van der Waals surface area (Å²) in [6, 6.07) is 0. The molecular weight excluding hydrogens is 263 g/mol. The number of carboxylic acid groups (broad SMARTS) is 3. The Morgan fingerprint density at radius 1 is 0.706 bits per heavy atom. The molecule has 0 heterocycles. The van der Waals surface area contributed by atoms with Crippen molar-refractivity contribution in [3.63, 3.8) is 0 Å². The monoisotopic (exact) mass is 278 g/mol. The SMILES string of the molecule is CC(=O)O.CC(=O)O.CC(=O)O.O=P(O)(O)O. The Labute approximate surface area is 96.4 Å². The van der Waals surface area contributed by atoms with Gasteiger partial charge in [-0.2, -0.15) is 0 Å². The van der Waals surface area contributed by atoms with Gasteiger partial charge in [-0.25, -0.2) is 4.57 Å². The van der Waals surface area contributed by atoms with Crippen LogP contribution in [0, 0.1) is 0 Å². The summed E-state index contributed by atoms with van der Waals surface area (Å²) in [4.78, 5) is 48.6. The molecule has 0 unspecified atom stereocenters. The molecule has 0 aliphatic heterocycles. The number of rotatable bonds is 0. The minimum absolute atomic E-state index is 0.833. The Morgan fingerprint density at radius 3 is 0.706 bits per heavy atom. The van der Waals surface area contributed by atoms with Crippen molar-refractivity contribution in [3.8, 4) is 0 Å². The van der Waals surface area contributed by atoms with Gasteiger partial charge in [-0.05, 0) is 0 Å². The molecule has 0 fully saturated rings. The quantitative estimate of drug-likeness (QED) is 0.310. The maximum Gasteiger partial charge on any atom is 0.466 e. The highest BCUT2D eigenvalue weighted by Gasteiger charge is 2.00. The Kier molecular flexibility index (Phi) is 21.1. The van der Waals surface area contributed by atoms with Crippen LogP contribution in [-0.2, 0) is 18.9 Å². The Morgan fingerprint density at radius 2 is 0.706 bits per heavy atom. The molecule has 0 saturated heterocycles. The van der Waals surface area contributed by atoms with Crippen molar-refractivity contribution in [1.82, 2.24) is 0 Å². The van der Waals surface area contributed by atoms with Gasteiger partial charge in [-0.3, -0.25) is 14.4 Å². The van der Waals surface area contributed by atoms with Crippen LogP contribution in [0.4, 0.5) is 0 Å². The van der Waals surface area contributed by atoms with E-state index in [0.717, 1.165) is 20.8 Å². The summed E-state index contributed by atoms with van der Waals surface area (Å²) in [6.07, 6.45) is 0. The number of hydrogen-bond acceptors (Lipinski definition) is 4. The predicted octanol–water partition coefficient (Wildman–Crippen LogP) is -0.656. The highest BCUT2D eigenvalue weighted by Crippen LogP contribution is 2.25. The zero-order valence-corrected chi connectivity index (χ0v) is 10.2. The van der Waals surface area contributed by atoms with Gasteiger partial charge >= 0.3 is 7.82 Å². The van der Waals surface area contributed by atoms with E-state index in [-0.39, 0.29) is 0 Å². The summed E-state index contributed by atoms with van der Waals surface area (Å²) in [7, 11) is -4.64. The molecule has 0 rings (SSSR count). The van der Waals surface area contributed by atoms with Crippen LogP contribution in [0.1, 0.15) is 20.8 Å². The first-order valence-corrected chi connectivity index (χ1v) is 5.13. The molecule has 6 N–H and O–H groups in total. The zero-order chi connectivity index (χ0) is 15.2. The minimum atomic E-state index is -4.64. The van der Waals surface area contributed by atoms with Crippen LogP contribution in [0.2, 0.25) is 0 Å². The third-order valence-corrected chi connectivity index (χ3v) is 0. The van der Waals surface area contributed by atoms with E-state index in [1.54, 1.807) is 0 Å². The summed E-state index contributed by atoms with van der Waals surface area (Å²) in [5, 5.41) is 22.2. The number of hydrogen-bond donors (Lipinski definition) is 6. The van der Waals surface area contributed by atoms with Gasteiger partial charge in [0.25, 0.3) is 17.9 Å². The summed E-state index contributed by atoms with van der Waals surface area (Å²) in [6.45, 7) is 3.25. The second-order valence-corrected chi connectivity index (χ2v) is 3.10. The molecule has 0 bridgehead atoms. The van der Waals surface area contributed by atoms with Crippen molar-refractivity contribution in [2.24, 2.45) is 0 Å². The maximum atomic E-state index is 9.00. The van der Waals surface area contributed by atoms with Crippen molar-refractivity contribution >= 4 is 25.7 Å². The summed E-state index contributed by atoms with van der Waals surface area (Å²) < 4.78 is 8.88. The van der Waals surface area contributed by atoms with E-state index in [2.05, 4.69) is 0 Å². The Balaban J connectivity index is -0.0000000667. The van der Waals surface area contributed by atoms with Crippen molar-refractivity contribution in [2.45, 2.75) is 20.8 Å². The fraction of sp³-hybridized carbons (Fsp3) is 0.500. The van der Waals surface area contributed by atoms with Crippen molar-refractivity contribution in [3.05, 3.63) is 0 Å². The fourth-order valence-electron chi connectivity index (χ4n) is 0. The summed E-state index contributed by atoms with van der Waals surface area (Å²) in [5.74, 6) is -2.50. The Bertz CT molecular complexity index is 217. The topological polar surface area (TPSA) is 190 Å². The van der Waals surface area contributed by atoms with E-state index in [4.69, 9.17) is 48.9 Å². The molecule has 0 amide bonds. The second kappa shape index (κ2) is 14.5. The molecule has 17 heavy (non-hydrogen) atoms. The lowest BCUT2D eigenvalue weighted by Crippen LogP contribution is -1.78. The van der Waals surface area contributed by atoms with Crippen molar-refractivity contribution in [2.75, 3.05) is 0 Å². The van der Waals surface area contributed by atoms with E-state index < -0.39 is 25.7 Å². The first-order chi connectivity index (χ1) is 7.20. The van der Waals surface area contributed by atoms with Crippen LogP contribution in [0.25, 0.3) is 0 Å². The number of aliphatic carboxylic acids is 3. The molecule has 0 radical (unpaired) electrons. The highest BCUT2D eigenvalue weighted by atomic mass is 31.2. The minimum Gasteiger partial charge on any atom is -0.481 e. The molecular formula is C6H15O10P. The van der Waals surface area contributed by atoms with Crippen molar-refractivity contribution < 1.29 is 48.9 Å². The first kappa shape index (κ1) is 24.7. The third kappa shape index (κ3) is 1040. The van der Waals surface area contributed by atoms with E-state index in [9.17, 15) is 0 Å². The van der Waals surface area contributed by atoms with Crippen molar-refractivity contribution in [1.29, 1.82) is 0 Å². The molecule has 0 aliphatic rings. The maximum absolute atomic E-state index is 9.00. The third-order valence-electron chi connectivity index (χ3n) is 0. The lowest BCUT2D eigenvalue weighted by molar-refractivity contribution is -0.135. The van der Waals surface area contributed by atoms with Gasteiger partial charge in [0.15, 0.2) is 0 Å². The average Bonchev–Trinajstić information content (AvgIpc) is 1.73. The van der Waals surface area contributed by atoms with Gasteiger partial charge in [0.2, 0.25) is 0 Å². The van der Waals surface area contributed by atoms with Crippen LogP contribution < -0.4 is 0 Å². The van der Waals surface area contributed by atoms with E-state index >= 15 is 0 Å². The first-order valence-electron chi connectivity index (χ1n) is 3.57. The van der Waals surface area contributed by atoms with Crippen LogP contribution >= 0.6 is 7.82 Å². The average molecular weight is 278 g/mol. The largest absolute Gasteiger partial charge is 0.481 e. The summed E-state index contributed by atoms with van der Waals surface area (Å²) >= 11 is 0. The van der Waals surface area contributed by atoms with Gasteiger partial charge in [0, 0.05) is 20.8 Å². The molecule has 0 aromatic carbocycles. The lowest BCUT2D eigenvalue weighted by atomic mass is 10.9. The molecule has 0 saturated carbocycles. The molecule has 0 aromatic heterocycles. The Hall–Kier alpha value is -1.48. The molecule has 0 aliphatic carbocycles. The van der Waals surface area contributed by atoms with Gasteiger partial charge in [0.1, 0.15) is 0 Å². The molecule has 11 heteroatoms. The molecule has 104 valence electrons. The standard InChI is InChI=1S/3C2H4O2.H3O4P/c3*1-2(3)4;1-5(2,3)4/h3*1H3,(H,3,4);(H3,1,2,3,4). The number of carbonyl (C=O) groups is 3. The zero-order valence-electron chi connectivity index (χ0n) is 9.26. The molecule has 0 aromatic rings. The van der Waals surface area contributed by atoms with Gasteiger partial charge in [-0.15, -0.1) is 0 Å². The van der Waals surface area contributed by atoms with Gasteiger partial charge < -0.3 is 30.0 Å². The molecule has 0 atom stereocenters. The van der Waals surface area contributed by atoms with E-state index in [1.807, 2.05) is 0 Å². The number of phosphoric acid groups is 1. The van der Waals surface area contributed by atoms with Gasteiger partial charge in [-0.1, -0.05) is 0 Å². The highest BCUT2D eigenvalue weighted by molar-refractivity contribution is 7.45. The van der Waals surface area contributed by atoms with Gasteiger partial charge in [0.05, 0.1) is 0 Å². The van der Waals surface area contributed by atoms with Crippen LogP contribution in [0.5, 0.6) is 0 Å².